The van der Waals surface area contributed by atoms with Crippen molar-refractivity contribution in [3.8, 4) is 0 Å². The number of hydrogen-bond acceptors (Lipinski definition) is 3. The van der Waals surface area contributed by atoms with E-state index < -0.39 is 0 Å². The lowest BCUT2D eigenvalue weighted by molar-refractivity contribution is -0.141. The maximum atomic E-state index is 12.3. The second kappa shape index (κ2) is 6.68. The predicted molar refractivity (Wildman–Crippen MR) is 79.7 cm³/mol. The van der Waals surface area contributed by atoms with Crippen molar-refractivity contribution < 1.29 is 14.3 Å². The van der Waals surface area contributed by atoms with E-state index in [-0.39, 0.29) is 23.1 Å². The normalized spacial score (nSPS) is 20.2. The lowest BCUT2D eigenvalue weighted by Gasteiger charge is -2.29. The number of hydrogen-bond donors (Lipinski definition) is 0. The summed E-state index contributed by atoms with van der Waals surface area (Å²) in [6.07, 6.45) is 5.01. The average molecular weight is 364 g/mol. The third-order valence-electron chi connectivity index (χ3n) is 3.48. The zero-order valence-electron chi connectivity index (χ0n) is 11.3. The van der Waals surface area contributed by atoms with E-state index in [1.807, 2.05) is 19.9 Å². The Morgan fingerprint density at radius 3 is 2.78 bits per heavy atom. The van der Waals surface area contributed by atoms with Crippen LogP contribution in [0.5, 0.6) is 0 Å². The molecule has 1 atom stereocenters. The van der Waals surface area contributed by atoms with E-state index in [0.717, 1.165) is 22.8 Å². The molecule has 0 amide bonds. The first kappa shape index (κ1) is 15.7. The number of Topliss-reactive ketones (excluding diaryl/α,β-unsaturated/α-hetero) is 1. The van der Waals surface area contributed by atoms with Crippen LogP contribution in [0.25, 0.3) is 0 Å². The quantitative estimate of drug-likeness (QED) is 0.427. The van der Waals surface area contributed by atoms with E-state index in [1.54, 1.807) is 0 Å². The van der Waals surface area contributed by atoms with Crippen LogP contribution in [-0.4, -0.2) is 23.3 Å². The first-order valence-corrected chi connectivity index (χ1v) is 7.80. The van der Waals surface area contributed by atoms with Crippen LogP contribution in [0.4, 0.5) is 0 Å². The molecule has 0 radical (unpaired) electrons. The van der Waals surface area contributed by atoms with Gasteiger partial charge < -0.3 is 4.74 Å². The summed E-state index contributed by atoms with van der Waals surface area (Å²) in [6.45, 7) is 4.00. The number of allylic oxidation sites excluding steroid dienone is 2. The second-order valence-electron chi connectivity index (χ2n) is 5.49. The summed E-state index contributed by atoms with van der Waals surface area (Å²) >= 11 is 2.26. The highest BCUT2D eigenvalue weighted by Crippen LogP contribution is 2.35. The molecule has 18 heavy (non-hydrogen) atoms. The first-order chi connectivity index (χ1) is 8.40. The second-order valence-corrected chi connectivity index (χ2v) is 6.37. The van der Waals surface area contributed by atoms with Crippen LogP contribution in [0.2, 0.25) is 0 Å². The van der Waals surface area contributed by atoms with E-state index in [9.17, 15) is 9.59 Å². The molecule has 0 fully saturated rings. The monoisotopic (exact) mass is 364 g/mol. The lowest BCUT2D eigenvalue weighted by atomic mass is 9.74. The minimum Gasteiger partial charge on any atom is -0.469 e. The number of methoxy groups -OCH3 is 1. The van der Waals surface area contributed by atoms with Crippen molar-refractivity contribution in [2.24, 2.45) is 11.3 Å². The summed E-state index contributed by atoms with van der Waals surface area (Å²) in [4.78, 5) is 23.6. The molecule has 102 valence electrons. The summed E-state index contributed by atoms with van der Waals surface area (Å²) in [6, 6.07) is 0. The number of carbonyl (C=O) groups is 2. The summed E-state index contributed by atoms with van der Waals surface area (Å²) in [5, 5.41) is 0. The molecule has 1 rings (SSSR count). The van der Waals surface area contributed by atoms with Gasteiger partial charge in [0.15, 0.2) is 5.78 Å². The molecule has 1 aliphatic carbocycles. The average Bonchev–Trinajstić information content (AvgIpc) is 2.33. The highest BCUT2D eigenvalue weighted by Gasteiger charge is 2.33. The Kier molecular flexibility index (Phi) is 5.82. The third kappa shape index (κ3) is 4.07. The van der Waals surface area contributed by atoms with Gasteiger partial charge in [-0.05, 0) is 30.8 Å². The molecule has 1 aliphatic rings. The maximum absolute atomic E-state index is 12.3. The van der Waals surface area contributed by atoms with Crippen molar-refractivity contribution in [2.75, 3.05) is 11.5 Å². The number of esters is 1. The standard InChI is InChI=1S/C14H21IO3/c1-14(2)6-4-5-11(13(14)17)7-10(9-15)8-12(16)18-3/h5,10H,4,6-9H2,1-3H3. The van der Waals surface area contributed by atoms with Crippen LogP contribution in [-0.2, 0) is 14.3 Å². The molecule has 0 aromatic carbocycles. The zero-order valence-corrected chi connectivity index (χ0v) is 13.5. The molecule has 0 spiro atoms. The largest absolute Gasteiger partial charge is 0.469 e. The fraction of sp³-hybridized carbons (Fsp3) is 0.714. The lowest BCUT2D eigenvalue weighted by Crippen LogP contribution is -2.30. The topological polar surface area (TPSA) is 43.4 Å². The summed E-state index contributed by atoms with van der Waals surface area (Å²) in [5.74, 6) is 0.246. The summed E-state index contributed by atoms with van der Waals surface area (Å²) in [5.41, 5.74) is 0.655. The molecular formula is C14H21IO3. The number of rotatable bonds is 5. The summed E-state index contributed by atoms with van der Waals surface area (Å²) in [7, 11) is 1.40. The van der Waals surface area contributed by atoms with Crippen LogP contribution in [0.1, 0.15) is 39.5 Å². The number of carbonyl (C=O) groups excluding carboxylic acids is 2. The van der Waals surface area contributed by atoms with Crippen molar-refractivity contribution in [3.05, 3.63) is 11.6 Å². The van der Waals surface area contributed by atoms with Crippen molar-refractivity contribution in [1.82, 2.24) is 0 Å². The molecule has 4 heteroatoms. The van der Waals surface area contributed by atoms with Crippen molar-refractivity contribution in [2.45, 2.75) is 39.5 Å². The van der Waals surface area contributed by atoms with Crippen LogP contribution in [0.15, 0.2) is 11.6 Å². The molecule has 3 nitrogen and oxygen atoms in total. The molecule has 1 unspecified atom stereocenters. The molecular weight excluding hydrogens is 343 g/mol. The van der Waals surface area contributed by atoms with Crippen LogP contribution < -0.4 is 0 Å². The fourth-order valence-corrected chi connectivity index (χ4v) is 2.86. The van der Waals surface area contributed by atoms with Crippen LogP contribution in [0, 0.1) is 11.3 Å². The van der Waals surface area contributed by atoms with Crippen LogP contribution in [0.3, 0.4) is 0 Å². The first-order valence-electron chi connectivity index (χ1n) is 6.27. The maximum Gasteiger partial charge on any atom is 0.305 e. The van der Waals surface area contributed by atoms with Gasteiger partial charge in [-0.2, -0.15) is 0 Å². The number of ether oxygens (including phenoxy) is 1. The Morgan fingerprint density at radius 1 is 1.56 bits per heavy atom. The Balaban J connectivity index is 2.67. The highest BCUT2D eigenvalue weighted by molar-refractivity contribution is 14.1. The minimum atomic E-state index is -0.245. The number of halogens is 1. The van der Waals surface area contributed by atoms with Gasteiger partial charge in [0, 0.05) is 16.3 Å². The Bertz CT molecular complexity index is 358. The molecule has 0 N–H and O–H groups in total. The van der Waals surface area contributed by atoms with Gasteiger partial charge in [0.1, 0.15) is 0 Å². The SMILES string of the molecule is COC(=O)CC(CI)CC1=CCCC(C)(C)C1=O. The fourth-order valence-electron chi connectivity index (χ4n) is 2.24. The van der Waals surface area contributed by atoms with Crippen molar-refractivity contribution in [1.29, 1.82) is 0 Å². The van der Waals surface area contributed by atoms with Gasteiger partial charge in [0.2, 0.25) is 0 Å². The molecule has 0 saturated heterocycles. The molecule has 0 saturated carbocycles. The van der Waals surface area contributed by atoms with E-state index >= 15 is 0 Å². The molecule has 0 aliphatic heterocycles. The Morgan fingerprint density at radius 2 is 2.22 bits per heavy atom. The summed E-state index contributed by atoms with van der Waals surface area (Å²) < 4.78 is 5.55. The zero-order chi connectivity index (χ0) is 13.8. The van der Waals surface area contributed by atoms with E-state index in [0.29, 0.717) is 12.8 Å². The van der Waals surface area contributed by atoms with E-state index in [1.165, 1.54) is 7.11 Å². The molecule has 0 aromatic heterocycles. The Hall–Kier alpha value is -0.390. The third-order valence-corrected chi connectivity index (χ3v) is 4.72. The number of alkyl halides is 1. The number of ketones is 1. The Labute approximate surface area is 122 Å². The molecule has 0 bridgehead atoms. The smallest absolute Gasteiger partial charge is 0.305 e. The minimum absolute atomic E-state index is 0.195. The van der Waals surface area contributed by atoms with Crippen molar-refractivity contribution in [3.63, 3.8) is 0 Å². The van der Waals surface area contributed by atoms with Gasteiger partial charge in [0.05, 0.1) is 7.11 Å². The van der Waals surface area contributed by atoms with Gasteiger partial charge in [-0.25, -0.2) is 0 Å². The van der Waals surface area contributed by atoms with E-state index in [4.69, 9.17) is 4.74 Å². The van der Waals surface area contributed by atoms with Gasteiger partial charge in [-0.1, -0.05) is 42.5 Å². The van der Waals surface area contributed by atoms with Gasteiger partial charge >= 0.3 is 5.97 Å². The molecule has 0 heterocycles. The van der Waals surface area contributed by atoms with Gasteiger partial charge in [-0.15, -0.1) is 0 Å². The van der Waals surface area contributed by atoms with Crippen LogP contribution >= 0.6 is 22.6 Å². The van der Waals surface area contributed by atoms with Gasteiger partial charge in [0.25, 0.3) is 0 Å². The predicted octanol–water partition coefficient (Wildman–Crippen LogP) is 3.31. The van der Waals surface area contributed by atoms with Crippen molar-refractivity contribution >= 4 is 34.3 Å². The molecule has 0 aromatic rings. The highest BCUT2D eigenvalue weighted by atomic mass is 127. The van der Waals surface area contributed by atoms with E-state index in [2.05, 4.69) is 22.6 Å². The van der Waals surface area contributed by atoms with Gasteiger partial charge in [-0.3, -0.25) is 9.59 Å².